The van der Waals surface area contributed by atoms with Gasteiger partial charge >= 0.3 is 0 Å². The topological polar surface area (TPSA) is 94.8 Å². The zero-order valence-corrected chi connectivity index (χ0v) is 15.2. The summed E-state index contributed by atoms with van der Waals surface area (Å²) in [4.78, 5) is 24.1. The summed E-state index contributed by atoms with van der Waals surface area (Å²) in [5.74, 6) is -0.656. The second kappa shape index (κ2) is 5.47. The Morgan fingerprint density at radius 2 is 2.04 bits per heavy atom. The lowest BCUT2D eigenvalue weighted by Gasteiger charge is -2.57. The van der Waals surface area contributed by atoms with Crippen LogP contribution in [0.25, 0.3) is 0 Å². The van der Waals surface area contributed by atoms with Crippen LogP contribution in [-0.4, -0.2) is 45.2 Å². The monoisotopic (exact) mass is 358 g/mol. The number of Topliss-reactive ketones (excluding diaryl/α,β-unsaturated/α-hetero) is 1. The smallest absolute Gasteiger partial charge is 0.190 e. The van der Waals surface area contributed by atoms with Crippen molar-refractivity contribution in [2.75, 3.05) is 6.61 Å². The van der Waals surface area contributed by atoms with E-state index < -0.39 is 34.9 Å². The molecule has 0 aliphatic heterocycles. The van der Waals surface area contributed by atoms with E-state index >= 15 is 0 Å². The van der Waals surface area contributed by atoms with Crippen LogP contribution in [0.3, 0.4) is 0 Å². The van der Waals surface area contributed by atoms with Crippen molar-refractivity contribution in [3.05, 3.63) is 36.0 Å². The third kappa shape index (κ3) is 2.02. The van der Waals surface area contributed by atoms with E-state index in [4.69, 9.17) is 0 Å². The quantitative estimate of drug-likeness (QED) is 0.692. The van der Waals surface area contributed by atoms with Crippen molar-refractivity contribution in [2.45, 2.75) is 44.8 Å². The van der Waals surface area contributed by atoms with Crippen LogP contribution < -0.4 is 0 Å². The molecule has 0 aromatic carbocycles. The van der Waals surface area contributed by atoms with Gasteiger partial charge in [-0.3, -0.25) is 9.59 Å². The Morgan fingerprint density at radius 3 is 2.73 bits per heavy atom. The minimum atomic E-state index is -1.60. The number of carbonyl (C=O) groups is 2. The summed E-state index contributed by atoms with van der Waals surface area (Å²) in [7, 11) is 0. The molecule has 5 nitrogen and oxygen atoms in total. The summed E-state index contributed by atoms with van der Waals surface area (Å²) in [5, 5.41) is 31.6. The van der Waals surface area contributed by atoms with Gasteiger partial charge in [-0.25, -0.2) is 0 Å². The fourth-order valence-corrected chi connectivity index (χ4v) is 6.38. The zero-order valence-electron chi connectivity index (χ0n) is 15.2. The largest absolute Gasteiger partial charge is 0.393 e. The van der Waals surface area contributed by atoms with Gasteiger partial charge in [0.25, 0.3) is 0 Å². The van der Waals surface area contributed by atoms with Crippen LogP contribution in [0.1, 0.15) is 33.1 Å². The van der Waals surface area contributed by atoms with Gasteiger partial charge in [0.1, 0.15) is 12.2 Å². The summed E-state index contributed by atoms with van der Waals surface area (Å²) in [6, 6.07) is 0. The molecule has 140 valence electrons. The Morgan fingerprint density at radius 1 is 1.31 bits per heavy atom. The van der Waals surface area contributed by atoms with Crippen molar-refractivity contribution in [1.29, 1.82) is 0 Å². The molecular formula is C21H26O5. The first-order chi connectivity index (χ1) is 12.2. The van der Waals surface area contributed by atoms with E-state index in [-0.39, 0.29) is 23.5 Å². The van der Waals surface area contributed by atoms with E-state index in [1.165, 1.54) is 0 Å². The molecule has 7 atom stereocenters. The molecule has 2 fully saturated rings. The second-order valence-electron chi connectivity index (χ2n) is 8.86. The van der Waals surface area contributed by atoms with Crippen LogP contribution in [0.4, 0.5) is 0 Å². The predicted molar refractivity (Wildman–Crippen MR) is 95.0 cm³/mol. The van der Waals surface area contributed by atoms with Crippen molar-refractivity contribution in [1.82, 2.24) is 0 Å². The molecule has 0 spiro atoms. The third-order valence-electron chi connectivity index (χ3n) is 7.82. The highest BCUT2D eigenvalue weighted by Crippen LogP contribution is 2.65. The van der Waals surface area contributed by atoms with E-state index in [0.717, 1.165) is 5.57 Å². The van der Waals surface area contributed by atoms with Crippen molar-refractivity contribution >= 4 is 11.6 Å². The molecule has 5 heteroatoms. The molecule has 4 rings (SSSR count). The summed E-state index contributed by atoms with van der Waals surface area (Å²) in [6.07, 6.45) is 9.69. The van der Waals surface area contributed by atoms with Gasteiger partial charge in [-0.2, -0.15) is 0 Å². The van der Waals surface area contributed by atoms with E-state index in [1.54, 1.807) is 12.2 Å². The Balaban J connectivity index is 1.80. The van der Waals surface area contributed by atoms with Gasteiger partial charge in [0, 0.05) is 16.7 Å². The van der Waals surface area contributed by atoms with Crippen molar-refractivity contribution in [3.8, 4) is 0 Å². The molecule has 3 N–H and O–H groups in total. The summed E-state index contributed by atoms with van der Waals surface area (Å²) < 4.78 is 0. The van der Waals surface area contributed by atoms with Crippen LogP contribution in [-0.2, 0) is 9.59 Å². The molecule has 0 bridgehead atoms. The molecule has 0 saturated heterocycles. The van der Waals surface area contributed by atoms with Crippen molar-refractivity contribution in [3.63, 3.8) is 0 Å². The predicted octanol–water partition coefficient (Wildman–Crippen LogP) is 1.33. The van der Waals surface area contributed by atoms with Gasteiger partial charge in [-0.15, -0.1) is 0 Å². The fraction of sp³-hybridized carbons (Fsp3) is 0.619. The Kier molecular flexibility index (Phi) is 3.75. The highest BCUT2D eigenvalue weighted by molar-refractivity contribution is 6.01. The minimum absolute atomic E-state index is 0.00395. The first kappa shape index (κ1) is 17.8. The molecule has 0 heterocycles. The number of ketones is 2. The van der Waals surface area contributed by atoms with E-state index in [2.05, 4.69) is 6.92 Å². The molecule has 26 heavy (non-hydrogen) atoms. The van der Waals surface area contributed by atoms with Gasteiger partial charge in [0.15, 0.2) is 11.6 Å². The van der Waals surface area contributed by atoms with Gasteiger partial charge in [-0.1, -0.05) is 32.1 Å². The van der Waals surface area contributed by atoms with Gasteiger partial charge in [0.05, 0.1) is 6.10 Å². The van der Waals surface area contributed by atoms with Crippen molar-refractivity contribution < 1.29 is 24.9 Å². The summed E-state index contributed by atoms with van der Waals surface area (Å²) in [5.41, 5.74) is -1.89. The molecule has 0 aromatic heterocycles. The third-order valence-corrected chi connectivity index (χ3v) is 7.82. The van der Waals surface area contributed by atoms with Crippen molar-refractivity contribution in [2.24, 2.45) is 28.6 Å². The van der Waals surface area contributed by atoms with Crippen LogP contribution in [0.2, 0.25) is 0 Å². The maximum absolute atomic E-state index is 12.3. The lowest BCUT2D eigenvalue weighted by Crippen LogP contribution is -2.61. The van der Waals surface area contributed by atoms with Gasteiger partial charge < -0.3 is 15.3 Å². The molecule has 2 saturated carbocycles. The first-order valence-corrected chi connectivity index (χ1v) is 9.35. The number of rotatable bonds is 2. The summed E-state index contributed by atoms with van der Waals surface area (Å²) >= 11 is 0. The number of aliphatic hydroxyl groups is 3. The standard InChI is InChI=1S/C21H26O5/c1-19-7-5-13(23)9-12(19)3-4-14-15-6-8-21(26,17(25)11-22)20(15,2)10-16(24)18(14)19/h3-5,7,9,14-16,18,22,24,26H,6,8,10-11H2,1-2H3/t14-,15-,16-,18+,19?,20-,21-/m0/s1. The lowest BCUT2D eigenvalue weighted by molar-refractivity contribution is -0.172. The van der Waals surface area contributed by atoms with Crippen LogP contribution in [0, 0.1) is 28.6 Å². The Hall–Kier alpha value is -1.56. The lowest BCUT2D eigenvalue weighted by atomic mass is 9.48. The summed E-state index contributed by atoms with van der Waals surface area (Å²) in [6.45, 7) is 3.24. The fourth-order valence-electron chi connectivity index (χ4n) is 6.38. The molecular weight excluding hydrogens is 332 g/mol. The molecule has 1 unspecified atom stereocenters. The van der Waals surface area contributed by atoms with Crippen LogP contribution in [0.15, 0.2) is 36.0 Å². The normalized spacial score (nSPS) is 49.3. The minimum Gasteiger partial charge on any atom is -0.393 e. The van der Waals surface area contributed by atoms with Crippen LogP contribution >= 0.6 is 0 Å². The number of hydrogen-bond donors (Lipinski definition) is 3. The average molecular weight is 358 g/mol. The van der Waals surface area contributed by atoms with Gasteiger partial charge in [-0.05, 0) is 48.8 Å². The number of hydrogen-bond acceptors (Lipinski definition) is 5. The Bertz CT molecular complexity index is 764. The van der Waals surface area contributed by atoms with E-state index in [1.807, 2.05) is 25.2 Å². The average Bonchev–Trinajstić information content (AvgIpc) is 2.86. The second-order valence-corrected chi connectivity index (χ2v) is 8.86. The molecule has 0 aromatic rings. The molecule has 0 amide bonds. The zero-order chi connectivity index (χ0) is 18.9. The maximum Gasteiger partial charge on any atom is 0.190 e. The Labute approximate surface area is 153 Å². The number of aliphatic hydroxyl groups excluding tert-OH is 2. The van der Waals surface area contributed by atoms with E-state index in [9.17, 15) is 24.9 Å². The number of allylic oxidation sites excluding steroid dienone is 6. The molecule has 0 radical (unpaired) electrons. The molecule has 4 aliphatic carbocycles. The van der Waals surface area contributed by atoms with E-state index in [0.29, 0.717) is 19.3 Å². The SMILES string of the molecule is CC12C=CC(=O)C=C1C=C[C@@H]1[C@@H]2[C@@H](O)C[C@@]2(C)[C@H]1CC[C@]2(O)C(=O)CO. The highest BCUT2D eigenvalue weighted by atomic mass is 16.3. The van der Waals surface area contributed by atoms with Crippen LogP contribution in [0.5, 0.6) is 0 Å². The van der Waals surface area contributed by atoms with Gasteiger partial charge in [0.2, 0.25) is 0 Å². The maximum atomic E-state index is 12.3. The highest BCUT2D eigenvalue weighted by Gasteiger charge is 2.67. The number of carbonyl (C=O) groups excluding carboxylic acids is 2. The first-order valence-electron chi connectivity index (χ1n) is 9.35. The number of fused-ring (bicyclic) bond motifs is 5. The molecule has 4 aliphatic rings.